The lowest BCUT2D eigenvalue weighted by molar-refractivity contribution is -0.160. The molecule has 0 amide bonds. The van der Waals surface area contributed by atoms with Gasteiger partial charge in [0, 0.05) is 48.7 Å². The number of morpholine rings is 1. The second-order valence-corrected chi connectivity index (χ2v) is 11.1. The van der Waals surface area contributed by atoms with Gasteiger partial charge < -0.3 is 30.8 Å². The number of hydrogen-bond donors (Lipinski definition) is 5. The number of nitrogens with one attached hydrogen (secondary N) is 2. The lowest BCUT2D eigenvalue weighted by Crippen LogP contribution is -2.76. The van der Waals surface area contributed by atoms with Gasteiger partial charge in [-0.05, 0) is 25.2 Å². The molecule has 14 heteroatoms. The highest BCUT2D eigenvalue weighted by molar-refractivity contribution is 6.18. The molecule has 2 aliphatic rings. The van der Waals surface area contributed by atoms with Crippen LogP contribution in [-0.4, -0.2) is 82.1 Å². The van der Waals surface area contributed by atoms with Crippen molar-refractivity contribution in [3.8, 4) is 11.1 Å². The number of aromatic nitrogens is 3. The number of halogens is 2. The third-order valence-corrected chi connectivity index (χ3v) is 8.80. The van der Waals surface area contributed by atoms with Crippen molar-refractivity contribution in [2.45, 2.75) is 11.4 Å². The minimum absolute atomic E-state index is 0.0175. The second kappa shape index (κ2) is 9.18. The molecule has 7 rings (SSSR count). The number of carboxylic acids is 1. The van der Waals surface area contributed by atoms with Crippen LogP contribution in [0.3, 0.4) is 0 Å². The van der Waals surface area contributed by atoms with Crippen molar-refractivity contribution in [3.05, 3.63) is 70.3 Å². The first-order chi connectivity index (χ1) is 20.5. The summed E-state index contributed by atoms with van der Waals surface area (Å²) >= 11 is 0. The number of benzene rings is 1. The molecule has 6 heterocycles. The zero-order valence-electron chi connectivity index (χ0n) is 23.2. The van der Waals surface area contributed by atoms with Crippen LogP contribution in [0, 0.1) is 11.6 Å². The van der Waals surface area contributed by atoms with Crippen molar-refractivity contribution in [2.75, 3.05) is 50.6 Å². The van der Waals surface area contributed by atoms with Gasteiger partial charge in [-0.1, -0.05) is 6.07 Å². The fraction of sp³-hybridized carbons (Fsp3) is 0.276. The topological polar surface area (TPSA) is 167 Å². The van der Waals surface area contributed by atoms with Gasteiger partial charge >= 0.3 is 5.97 Å². The van der Waals surface area contributed by atoms with Crippen molar-refractivity contribution in [3.63, 3.8) is 0 Å². The molecule has 0 bridgehead atoms. The van der Waals surface area contributed by atoms with E-state index in [1.54, 1.807) is 25.4 Å². The van der Waals surface area contributed by atoms with Crippen molar-refractivity contribution >= 4 is 44.8 Å². The molecule has 0 unspecified atom stereocenters. The van der Waals surface area contributed by atoms with E-state index in [0.29, 0.717) is 57.7 Å². The number of hydrogen-bond acceptors (Lipinski definition) is 9. The number of ether oxygens (including phenoxy) is 1. The number of anilines is 2. The van der Waals surface area contributed by atoms with Gasteiger partial charge in [0.1, 0.15) is 16.9 Å². The summed E-state index contributed by atoms with van der Waals surface area (Å²) in [6, 6.07) is 7.27. The summed E-state index contributed by atoms with van der Waals surface area (Å²) in [5.41, 5.74) is 12.9. The molecule has 222 valence electrons. The summed E-state index contributed by atoms with van der Waals surface area (Å²) in [5.74, 6) is -3.46. The number of nitrogens with zero attached hydrogens (tertiary/aromatic N) is 4. The largest absolute Gasteiger partial charge is 0.477 e. The normalized spacial score (nSPS) is 22.5. The Morgan fingerprint density at radius 3 is 2.67 bits per heavy atom. The molecule has 4 aromatic heterocycles. The Balaban J connectivity index is 1.56. The Bertz CT molecular complexity index is 2060. The number of pyridine rings is 3. The molecule has 2 atom stereocenters. The number of aromatic amines is 1. The van der Waals surface area contributed by atoms with E-state index < -0.39 is 40.1 Å². The van der Waals surface area contributed by atoms with Gasteiger partial charge in [0.05, 0.1) is 47.4 Å². The summed E-state index contributed by atoms with van der Waals surface area (Å²) < 4.78 is 37.9. The van der Waals surface area contributed by atoms with Crippen LogP contribution in [0.25, 0.3) is 38.6 Å². The van der Waals surface area contributed by atoms with E-state index in [-0.39, 0.29) is 18.5 Å². The van der Waals surface area contributed by atoms with E-state index in [4.69, 9.17) is 16.2 Å². The van der Waals surface area contributed by atoms with E-state index in [1.807, 2.05) is 16.8 Å². The molecular weight excluding hydrogens is 562 g/mol. The van der Waals surface area contributed by atoms with Crippen LogP contribution in [0.15, 0.2) is 47.5 Å². The van der Waals surface area contributed by atoms with Crippen LogP contribution in [0.5, 0.6) is 0 Å². The third-order valence-electron chi connectivity index (χ3n) is 8.80. The molecule has 0 saturated carbocycles. The maximum Gasteiger partial charge on any atom is 0.341 e. The third kappa shape index (κ3) is 3.70. The quantitative estimate of drug-likeness (QED) is 0.209. The minimum atomic E-state index is -1.35. The average Bonchev–Trinajstić information content (AvgIpc) is 3.50. The van der Waals surface area contributed by atoms with Crippen LogP contribution in [0.4, 0.5) is 20.2 Å². The van der Waals surface area contributed by atoms with Crippen molar-refractivity contribution < 1.29 is 23.4 Å². The number of aromatic carboxylic acids is 1. The fourth-order valence-corrected chi connectivity index (χ4v) is 6.43. The molecule has 0 radical (unpaired) electrons. The summed E-state index contributed by atoms with van der Waals surface area (Å²) in [6.07, 6.45) is 3.07. The molecule has 2 fully saturated rings. The van der Waals surface area contributed by atoms with Gasteiger partial charge in [-0.3, -0.25) is 19.8 Å². The second-order valence-electron chi connectivity index (χ2n) is 11.1. The van der Waals surface area contributed by atoms with Gasteiger partial charge in [-0.25, -0.2) is 18.6 Å². The lowest BCUT2D eigenvalue weighted by Gasteiger charge is -2.48. The Kier molecular flexibility index (Phi) is 5.81. The highest BCUT2D eigenvalue weighted by atomic mass is 19.2. The van der Waals surface area contributed by atoms with Crippen LogP contribution >= 0.6 is 0 Å². The first kappa shape index (κ1) is 27.2. The first-order valence-corrected chi connectivity index (χ1v) is 13.5. The molecule has 0 spiro atoms. The van der Waals surface area contributed by atoms with Crippen molar-refractivity contribution in [1.82, 2.24) is 19.3 Å². The van der Waals surface area contributed by atoms with E-state index in [1.165, 1.54) is 22.7 Å². The van der Waals surface area contributed by atoms with Gasteiger partial charge in [-0.2, -0.15) is 0 Å². The molecule has 0 aliphatic carbocycles. The van der Waals surface area contributed by atoms with Gasteiger partial charge in [0.2, 0.25) is 0 Å². The number of nitrogens with two attached hydrogens (primary N) is 2. The van der Waals surface area contributed by atoms with Crippen LogP contribution in [-0.2, 0) is 4.74 Å². The molecule has 2 aliphatic heterocycles. The Morgan fingerprint density at radius 2 is 1.95 bits per heavy atom. The zero-order valence-corrected chi connectivity index (χ0v) is 23.2. The number of carboxylic acid groups (broad SMARTS) is 1. The Hall–Kier alpha value is -4.63. The minimum Gasteiger partial charge on any atom is -0.477 e. The standard InChI is InChI=1S/C29H28F2N8O4/c1-34-19-9-18(30)22(31)20-21-24(38-12-28(32)29(33,13-38)43-8-7-37(28)2)17(10-35-25(21)36-23(19)20)14-3-4-15-5-6-16(27(41)42)26(40)39(15)11-14/h3-6,9-11,34H,7-8,12-13,32-33H2,1-2H3,(H,35,36)(H,41,42)/t28-,29+/m0/s1. The van der Waals surface area contributed by atoms with Crippen LogP contribution in [0.2, 0.25) is 0 Å². The Morgan fingerprint density at radius 1 is 1.19 bits per heavy atom. The van der Waals surface area contributed by atoms with E-state index in [2.05, 4.69) is 15.3 Å². The number of H-pyrrole nitrogens is 1. The highest BCUT2D eigenvalue weighted by Gasteiger charge is 2.59. The van der Waals surface area contributed by atoms with Crippen LogP contribution in [0.1, 0.15) is 10.4 Å². The molecule has 5 aromatic rings. The molecular formula is C29H28F2N8O4. The summed E-state index contributed by atoms with van der Waals surface area (Å²) in [6.45, 7) is 1.18. The average molecular weight is 591 g/mol. The van der Waals surface area contributed by atoms with Gasteiger partial charge in [0.25, 0.3) is 5.56 Å². The van der Waals surface area contributed by atoms with E-state index in [9.17, 15) is 19.1 Å². The first-order valence-electron chi connectivity index (χ1n) is 13.5. The molecule has 12 nitrogen and oxygen atoms in total. The number of fused-ring (bicyclic) bond motifs is 5. The number of rotatable bonds is 4. The highest BCUT2D eigenvalue weighted by Crippen LogP contribution is 2.46. The smallest absolute Gasteiger partial charge is 0.341 e. The summed E-state index contributed by atoms with van der Waals surface area (Å²) in [4.78, 5) is 36.2. The van der Waals surface area contributed by atoms with Crippen molar-refractivity contribution in [2.24, 2.45) is 11.5 Å². The van der Waals surface area contributed by atoms with E-state index >= 15 is 4.39 Å². The summed E-state index contributed by atoms with van der Waals surface area (Å²) in [5, 5.41) is 12.7. The predicted octanol–water partition coefficient (Wildman–Crippen LogP) is 2.11. The van der Waals surface area contributed by atoms with Crippen LogP contribution < -0.4 is 27.2 Å². The zero-order chi connectivity index (χ0) is 30.4. The van der Waals surface area contributed by atoms with Gasteiger partial charge in [0.15, 0.2) is 17.4 Å². The molecule has 43 heavy (non-hydrogen) atoms. The van der Waals surface area contributed by atoms with Crippen molar-refractivity contribution in [1.29, 1.82) is 0 Å². The molecule has 2 saturated heterocycles. The summed E-state index contributed by atoms with van der Waals surface area (Å²) in [7, 11) is 3.46. The fourth-order valence-electron chi connectivity index (χ4n) is 6.43. The number of carbonyl (C=O) groups is 1. The maximum absolute atomic E-state index is 15.7. The SMILES string of the molecule is CNc1cc(F)c(F)c2c1[nH]c1ncc(-c3ccc4ccc(C(=O)O)c(=O)n4c3)c(N3C[C@@]4(N)OCCN(C)[C@@]4(N)C3)c12. The van der Waals surface area contributed by atoms with E-state index in [0.717, 1.165) is 6.07 Å². The lowest BCUT2D eigenvalue weighted by atomic mass is 9.98. The number of likely N-dealkylation sites (N-methyl/N-ethyl adjacent to an activating group) is 1. The monoisotopic (exact) mass is 590 g/mol. The Labute approximate surface area is 242 Å². The van der Waals surface area contributed by atoms with Gasteiger partial charge in [-0.15, -0.1) is 0 Å². The predicted molar refractivity (Wildman–Crippen MR) is 157 cm³/mol. The molecule has 1 aromatic carbocycles. The molecule has 7 N–H and O–H groups in total. The maximum atomic E-state index is 15.7.